The normalized spacial score (nSPS) is 11.7. The lowest BCUT2D eigenvalue weighted by molar-refractivity contribution is -0.145. The number of fused-ring (bicyclic) bond motifs is 1. The Bertz CT molecular complexity index is 792. The zero-order valence-electron chi connectivity index (χ0n) is 13.3. The molecule has 1 heterocycles. The van der Waals surface area contributed by atoms with Gasteiger partial charge in [0.15, 0.2) is 0 Å². The molecule has 0 aliphatic heterocycles. The van der Waals surface area contributed by atoms with Crippen molar-refractivity contribution in [3.8, 4) is 0 Å². The van der Waals surface area contributed by atoms with Crippen molar-refractivity contribution in [3.05, 3.63) is 47.4 Å². The van der Waals surface area contributed by atoms with Gasteiger partial charge in [-0.3, -0.25) is 4.57 Å². The maximum atomic E-state index is 12.1. The van der Waals surface area contributed by atoms with E-state index in [-0.39, 0.29) is 25.4 Å². The molecule has 2 N–H and O–H groups in total. The van der Waals surface area contributed by atoms with Gasteiger partial charge in [0.2, 0.25) is 0 Å². The largest absolute Gasteiger partial charge is 0.464 e. The Hall–Kier alpha value is -3.03. The molecule has 1 aromatic heterocycles. The summed E-state index contributed by atoms with van der Waals surface area (Å²) in [6, 6.07) is 6.00. The van der Waals surface area contributed by atoms with Crippen molar-refractivity contribution in [2.45, 2.75) is 19.5 Å². The van der Waals surface area contributed by atoms with Crippen LogP contribution in [0.15, 0.2) is 41.7 Å². The van der Waals surface area contributed by atoms with Crippen LogP contribution in [0.3, 0.4) is 0 Å². The lowest BCUT2D eigenvalue weighted by atomic mass is 10.2. The summed E-state index contributed by atoms with van der Waals surface area (Å²) in [6.45, 7) is 5.18. The number of aromatic amines is 1. The summed E-state index contributed by atoms with van der Waals surface area (Å²) < 4.78 is 11.1. The molecule has 8 heteroatoms. The third-order valence-electron chi connectivity index (χ3n) is 3.24. The van der Waals surface area contributed by atoms with E-state index in [9.17, 15) is 14.4 Å². The molecule has 0 unspecified atom stereocenters. The number of rotatable bonds is 7. The number of ether oxygens (including phenoxy) is 2. The summed E-state index contributed by atoms with van der Waals surface area (Å²) >= 11 is 0. The molecule has 0 fully saturated rings. The average molecular weight is 333 g/mol. The van der Waals surface area contributed by atoms with Gasteiger partial charge in [0.05, 0.1) is 24.2 Å². The van der Waals surface area contributed by atoms with Crippen molar-refractivity contribution < 1.29 is 19.1 Å². The number of para-hydroxylation sites is 2. The first-order valence-corrected chi connectivity index (χ1v) is 7.45. The molecule has 1 atom stereocenters. The number of esters is 1. The minimum Gasteiger partial charge on any atom is -0.464 e. The summed E-state index contributed by atoms with van der Waals surface area (Å²) in [6.07, 6.45) is 0.615. The Balaban J connectivity index is 2.24. The van der Waals surface area contributed by atoms with E-state index in [1.54, 1.807) is 31.2 Å². The minimum atomic E-state index is -1.06. The van der Waals surface area contributed by atoms with Gasteiger partial charge in [0, 0.05) is 0 Å². The highest BCUT2D eigenvalue weighted by Gasteiger charge is 2.25. The number of benzene rings is 1. The minimum absolute atomic E-state index is 0.00835. The smallest absolute Gasteiger partial charge is 0.408 e. The van der Waals surface area contributed by atoms with E-state index in [1.807, 2.05) is 0 Å². The van der Waals surface area contributed by atoms with Crippen molar-refractivity contribution in [1.82, 2.24) is 14.9 Å². The molecule has 24 heavy (non-hydrogen) atoms. The van der Waals surface area contributed by atoms with Gasteiger partial charge in [-0.2, -0.15) is 0 Å². The fraction of sp³-hybridized carbons (Fsp3) is 0.312. The average Bonchev–Trinajstić information content (AvgIpc) is 2.88. The topological polar surface area (TPSA) is 102 Å². The predicted molar refractivity (Wildman–Crippen MR) is 87.7 cm³/mol. The molecule has 1 amide bonds. The van der Waals surface area contributed by atoms with Crippen LogP contribution in [0, 0.1) is 0 Å². The van der Waals surface area contributed by atoms with Gasteiger partial charge in [-0.1, -0.05) is 24.8 Å². The second kappa shape index (κ2) is 8.00. The number of hydrogen-bond acceptors (Lipinski definition) is 5. The first-order valence-electron chi connectivity index (χ1n) is 7.45. The molecular formula is C16H19N3O5. The van der Waals surface area contributed by atoms with Crippen LogP contribution in [0.4, 0.5) is 4.79 Å². The molecular weight excluding hydrogens is 314 g/mol. The summed E-state index contributed by atoms with van der Waals surface area (Å²) in [5, 5.41) is 2.41. The fourth-order valence-electron chi connectivity index (χ4n) is 2.21. The number of amides is 1. The van der Waals surface area contributed by atoms with Crippen LogP contribution in [0.2, 0.25) is 0 Å². The second-order valence-corrected chi connectivity index (χ2v) is 4.89. The molecule has 0 radical (unpaired) electrons. The molecule has 0 bridgehead atoms. The Labute approximate surface area is 138 Å². The predicted octanol–water partition coefficient (Wildman–Crippen LogP) is 1.17. The number of nitrogens with zero attached hydrogens (tertiary/aromatic N) is 1. The van der Waals surface area contributed by atoms with Crippen LogP contribution >= 0.6 is 0 Å². The summed E-state index contributed by atoms with van der Waals surface area (Å²) in [5.74, 6) is -0.648. The van der Waals surface area contributed by atoms with E-state index in [2.05, 4.69) is 16.9 Å². The van der Waals surface area contributed by atoms with Crippen LogP contribution in [0.5, 0.6) is 0 Å². The monoisotopic (exact) mass is 333 g/mol. The van der Waals surface area contributed by atoms with Gasteiger partial charge < -0.3 is 19.8 Å². The van der Waals surface area contributed by atoms with Gasteiger partial charge in [-0.05, 0) is 19.1 Å². The van der Waals surface area contributed by atoms with E-state index in [0.29, 0.717) is 11.0 Å². The number of carbonyl (C=O) groups excluding carboxylic acids is 2. The first kappa shape index (κ1) is 17.3. The van der Waals surface area contributed by atoms with Gasteiger partial charge in [-0.25, -0.2) is 14.4 Å². The number of carbonyl (C=O) groups is 2. The first-order chi connectivity index (χ1) is 11.6. The van der Waals surface area contributed by atoms with Gasteiger partial charge in [0.1, 0.15) is 12.6 Å². The Morgan fingerprint density at radius 2 is 2.12 bits per heavy atom. The van der Waals surface area contributed by atoms with Crippen LogP contribution in [0.25, 0.3) is 11.0 Å². The number of aromatic nitrogens is 2. The Morgan fingerprint density at radius 1 is 1.38 bits per heavy atom. The highest BCUT2D eigenvalue weighted by molar-refractivity contribution is 5.82. The molecule has 8 nitrogen and oxygen atoms in total. The van der Waals surface area contributed by atoms with Gasteiger partial charge >= 0.3 is 17.8 Å². The molecule has 0 spiro atoms. The van der Waals surface area contributed by atoms with Crippen molar-refractivity contribution >= 4 is 23.1 Å². The van der Waals surface area contributed by atoms with E-state index >= 15 is 0 Å². The zero-order chi connectivity index (χ0) is 17.5. The number of imidazole rings is 1. The Morgan fingerprint density at radius 3 is 2.83 bits per heavy atom. The summed E-state index contributed by atoms with van der Waals surface area (Å²) in [4.78, 5) is 38.6. The maximum absolute atomic E-state index is 12.1. The van der Waals surface area contributed by atoms with E-state index < -0.39 is 18.1 Å². The van der Waals surface area contributed by atoms with E-state index in [4.69, 9.17) is 9.47 Å². The molecule has 0 saturated heterocycles. The molecule has 1 aromatic carbocycles. The molecule has 0 aliphatic carbocycles. The van der Waals surface area contributed by atoms with Crippen LogP contribution in [-0.2, 0) is 20.8 Å². The van der Waals surface area contributed by atoms with Crippen molar-refractivity contribution in [2.24, 2.45) is 0 Å². The summed E-state index contributed by atoms with van der Waals surface area (Å²) in [5.41, 5.74) is 0.879. The molecule has 2 rings (SSSR count). The standard InChI is InChI=1S/C16H19N3O5/c1-3-9-24-16(22)18-12(14(20)23-4-2)10-19-13-8-6-5-7-11(13)17-15(19)21/h3,5-8,12H,1,4,9-10H2,2H3,(H,17,21)(H,18,22)/t12-/m0/s1. The van der Waals surface area contributed by atoms with E-state index in [1.165, 1.54) is 10.6 Å². The third-order valence-corrected chi connectivity index (χ3v) is 3.24. The van der Waals surface area contributed by atoms with Crippen molar-refractivity contribution in [3.63, 3.8) is 0 Å². The highest BCUT2D eigenvalue weighted by Crippen LogP contribution is 2.10. The third kappa shape index (κ3) is 4.03. The molecule has 128 valence electrons. The second-order valence-electron chi connectivity index (χ2n) is 4.89. The highest BCUT2D eigenvalue weighted by atomic mass is 16.6. The summed E-state index contributed by atoms with van der Waals surface area (Å²) in [7, 11) is 0. The Kier molecular flexibility index (Phi) is 5.78. The van der Waals surface area contributed by atoms with Crippen molar-refractivity contribution in [1.29, 1.82) is 0 Å². The molecule has 0 saturated carbocycles. The van der Waals surface area contributed by atoms with Gasteiger partial charge in [-0.15, -0.1) is 0 Å². The molecule has 2 aromatic rings. The molecule has 0 aliphatic rings. The SMILES string of the molecule is C=CCOC(=O)N[C@@H](Cn1c(=O)[nH]c2ccccc21)C(=O)OCC. The van der Waals surface area contributed by atoms with Crippen LogP contribution < -0.4 is 11.0 Å². The number of H-pyrrole nitrogens is 1. The maximum Gasteiger partial charge on any atom is 0.408 e. The lowest BCUT2D eigenvalue weighted by Crippen LogP contribution is -2.46. The lowest BCUT2D eigenvalue weighted by Gasteiger charge is -2.17. The van der Waals surface area contributed by atoms with Gasteiger partial charge in [0.25, 0.3) is 0 Å². The van der Waals surface area contributed by atoms with Crippen LogP contribution in [0.1, 0.15) is 6.92 Å². The van der Waals surface area contributed by atoms with E-state index in [0.717, 1.165) is 0 Å². The fourth-order valence-corrected chi connectivity index (χ4v) is 2.21. The number of alkyl carbamates (subject to hydrolysis) is 1. The number of hydrogen-bond donors (Lipinski definition) is 2. The quantitative estimate of drug-likeness (QED) is 0.585. The zero-order valence-corrected chi connectivity index (χ0v) is 13.3. The van der Waals surface area contributed by atoms with Crippen molar-refractivity contribution in [2.75, 3.05) is 13.2 Å². The van der Waals surface area contributed by atoms with Crippen LogP contribution in [-0.4, -0.2) is 40.9 Å². The number of nitrogens with one attached hydrogen (secondary N) is 2.